The minimum atomic E-state index is -0.649. The molecule has 2 aliphatic carbocycles. The van der Waals surface area contributed by atoms with Gasteiger partial charge in [0.1, 0.15) is 5.88 Å². The van der Waals surface area contributed by atoms with Crippen LogP contribution in [-0.2, 0) is 18.4 Å². The van der Waals surface area contributed by atoms with Crippen molar-refractivity contribution in [3.63, 3.8) is 0 Å². The number of halogens is 1. The molecule has 1 N–H and O–H groups in total. The van der Waals surface area contributed by atoms with E-state index in [1.54, 1.807) is 0 Å². The van der Waals surface area contributed by atoms with Gasteiger partial charge in [-0.2, -0.15) is 5.10 Å². The molecule has 0 aromatic carbocycles. The molecule has 0 aliphatic heterocycles. The average Bonchev–Trinajstić information content (AvgIpc) is 3.16. The molecule has 0 radical (unpaired) electrons. The second kappa shape index (κ2) is 5.29. The summed E-state index contributed by atoms with van der Waals surface area (Å²) in [6.07, 6.45) is 5.61. The van der Waals surface area contributed by atoms with Crippen molar-refractivity contribution in [3.05, 3.63) is 17.5 Å². The summed E-state index contributed by atoms with van der Waals surface area (Å²) in [7, 11) is 1.91. The molecule has 1 aromatic rings. The number of alkyl halides is 1. The molecule has 1 amide bonds. The standard InChI is InChI=1S/C15H22ClN3O2/c1-15(21)5-12(6-15)19(13(20)7-16)9-11-8-18(2)17-14(11)10-3-4-10/h8,10,12,21H,3-7,9H2,1-2H3. The van der Waals surface area contributed by atoms with E-state index in [9.17, 15) is 9.90 Å². The van der Waals surface area contributed by atoms with Crippen LogP contribution in [0, 0.1) is 0 Å². The van der Waals surface area contributed by atoms with Gasteiger partial charge in [-0.3, -0.25) is 9.48 Å². The Morgan fingerprint density at radius 1 is 1.57 bits per heavy atom. The number of carbonyl (C=O) groups excluding carboxylic acids is 1. The minimum Gasteiger partial charge on any atom is -0.390 e. The molecule has 0 spiro atoms. The third-order valence-corrected chi connectivity index (χ3v) is 4.70. The topological polar surface area (TPSA) is 58.4 Å². The molecular formula is C15H22ClN3O2. The van der Waals surface area contributed by atoms with Crippen molar-refractivity contribution < 1.29 is 9.90 Å². The van der Waals surface area contributed by atoms with Gasteiger partial charge in [-0.1, -0.05) is 0 Å². The van der Waals surface area contributed by atoms with Crippen molar-refractivity contribution >= 4 is 17.5 Å². The van der Waals surface area contributed by atoms with E-state index in [1.165, 1.54) is 12.8 Å². The van der Waals surface area contributed by atoms with E-state index in [-0.39, 0.29) is 17.8 Å². The van der Waals surface area contributed by atoms with Crippen LogP contribution >= 0.6 is 11.6 Å². The van der Waals surface area contributed by atoms with E-state index in [1.807, 2.05) is 29.7 Å². The van der Waals surface area contributed by atoms with Crippen molar-refractivity contribution in [2.75, 3.05) is 5.88 Å². The summed E-state index contributed by atoms with van der Waals surface area (Å²) in [5, 5.41) is 14.5. The van der Waals surface area contributed by atoms with Crippen LogP contribution in [-0.4, -0.2) is 43.2 Å². The SMILES string of the molecule is Cn1cc(CN(C(=O)CCl)C2CC(C)(O)C2)c(C2CC2)n1. The van der Waals surface area contributed by atoms with Gasteiger partial charge in [-0.25, -0.2) is 0 Å². The Labute approximate surface area is 129 Å². The van der Waals surface area contributed by atoms with Crippen LogP contribution in [0.1, 0.15) is 49.8 Å². The van der Waals surface area contributed by atoms with E-state index in [0.29, 0.717) is 25.3 Å². The molecule has 1 aromatic heterocycles. The van der Waals surface area contributed by atoms with Crippen molar-refractivity contribution in [2.24, 2.45) is 7.05 Å². The molecule has 0 unspecified atom stereocenters. The number of hydrogen-bond donors (Lipinski definition) is 1. The first-order valence-corrected chi connectivity index (χ1v) is 8.03. The summed E-state index contributed by atoms with van der Waals surface area (Å²) in [4.78, 5) is 14.0. The highest BCUT2D eigenvalue weighted by atomic mass is 35.5. The zero-order chi connectivity index (χ0) is 15.2. The van der Waals surface area contributed by atoms with Crippen molar-refractivity contribution in [2.45, 2.75) is 56.7 Å². The average molecular weight is 312 g/mol. The van der Waals surface area contributed by atoms with Gasteiger partial charge in [0.25, 0.3) is 0 Å². The van der Waals surface area contributed by atoms with Crippen LogP contribution in [0.25, 0.3) is 0 Å². The Morgan fingerprint density at radius 3 is 2.76 bits per heavy atom. The molecule has 5 nitrogen and oxygen atoms in total. The maximum atomic E-state index is 12.2. The van der Waals surface area contributed by atoms with Crippen molar-refractivity contribution in [1.29, 1.82) is 0 Å². The Balaban J connectivity index is 1.77. The predicted molar refractivity (Wildman–Crippen MR) is 80.1 cm³/mol. The number of rotatable bonds is 5. The maximum Gasteiger partial charge on any atom is 0.238 e. The zero-order valence-corrected chi connectivity index (χ0v) is 13.3. The van der Waals surface area contributed by atoms with Gasteiger partial charge < -0.3 is 10.0 Å². The quantitative estimate of drug-likeness (QED) is 0.843. The molecule has 3 rings (SSSR count). The molecular weight excluding hydrogens is 290 g/mol. The summed E-state index contributed by atoms with van der Waals surface area (Å²) in [5.41, 5.74) is 1.59. The second-order valence-electron chi connectivity index (χ2n) is 6.70. The van der Waals surface area contributed by atoms with Crippen LogP contribution in [0.15, 0.2) is 6.20 Å². The molecule has 0 saturated heterocycles. The summed E-state index contributed by atoms with van der Waals surface area (Å²) < 4.78 is 1.82. The van der Waals surface area contributed by atoms with Crippen LogP contribution in [0.4, 0.5) is 0 Å². The van der Waals surface area contributed by atoms with Crippen LogP contribution in [0.3, 0.4) is 0 Å². The summed E-state index contributed by atoms with van der Waals surface area (Å²) in [5.74, 6) is 0.471. The fourth-order valence-electron chi connectivity index (χ4n) is 3.23. The highest BCUT2D eigenvalue weighted by molar-refractivity contribution is 6.27. The van der Waals surface area contributed by atoms with Gasteiger partial charge in [0.05, 0.1) is 11.3 Å². The lowest BCUT2D eigenvalue weighted by Crippen LogP contribution is -2.55. The van der Waals surface area contributed by atoms with Gasteiger partial charge in [-0.05, 0) is 32.6 Å². The van der Waals surface area contributed by atoms with E-state index in [0.717, 1.165) is 11.3 Å². The van der Waals surface area contributed by atoms with Gasteiger partial charge in [0, 0.05) is 37.3 Å². The lowest BCUT2D eigenvalue weighted by molar-refractivity contribution is -0.142. The largest absolute Gasteiger partial charge is 0.390 e. The number of nitrogens with zero attached hydrogens (tertiary/aromatic N) is 3. The molecule has 2 saturated carbocycles. The summed E-state index contributed by atoms with van der Waals surface area (Å²) in [6, 6.07) is 0.0820. The van der Waals surface area contributed by atoms with Crippen LogP contribution < -0.4 is 0 Å². The first-order chi connectivity index (χ1) is 9.89. The minimum absolute atomic E-state index is 0.0162. The number of aliphatic hydroxyl groups is 1. The molecule has 2 fully saturated rings. The molecule has 1 heterocycles. The Morgan fingerprint density at radius 2 is 2.24 bits per heavy atom. The number of amides is 1. The Hall–Kier alpha value is -1.07. The maximum absolute atomic E-state index is 12.2. The first kappa shape index (κ1) is 14.9. The highest BCUT2D eigenvalue weighted by Gasteiger charge is 2.43. The monoisotopic (exact) mass is 311 g/mol. The van der Waals surface area contributed by atoms with Gasteiger partial charge in [-0.15, -0.1) is 11.6 Å². The molecule has 2 aliphatic rings. The van der Waals surface area contributed by atoms with Crippen LogP contribution in [0.2, 0.25) is 0 Å². The fraction of sp³-hybridized carbons (Fsp3) is 0.733. The Kier molecular flexibility index (Phi) is 3.74. The number of hydrogen-bond acceptors (Lipinski definition) is 3. The highest BCUT2D eigenvalue weighted by Crippen LogP contribution is 2.42. The normalized spacial score (nSPS) is 28.3. The van der Waals surface area contributed by atoms with Crippen molar-refractivity contribution in [3.8, 4) is 0 Å². The van der Waals surface area contributed by atoms with Crippen LogP contribution in [0.5, 0.6) is 0 Å². The zero-order valence-electron chi connectivity index (χ0n) is 12.5. The molecule has 0 atom stereocenters. The van der Waals surface area contributed by atoms with E-state index in [2.05, 4.69) is 5.10 Å². The lowest BCUT2D eigenvalue weighted by atomic mass is 9.76. The second-order valence-corrected chi connectivity index (χ2v) is 6.97. The molecule has 6 heteroatoms. The van der Waals surface area contributed by atoms with Gasteiger partial charge in [0.2, 0.25) is 5.91 Å². The number of carbonyl (C=O) groups is 1. The number of aromatic nitrogens is 2. The van der Waals surface area contributed by atoms with E-state index >= 15 is 0 Å². The van der Waals surface area contributed by atoms with Gasteiger partial charge in [0.15, 0.2) is 0 Å². The summed E-state index contributed by atoms with van der Waals surface area (Å²) in [6.45, 7) is 2.36. The smallest absolute Gasteiger partial charge is 0.238 e. The summed E-state index contributed by atoms with van der Waals surface area (Å²) >= 11 is 5.75. The molecule has 0 bridgehead atoms. The third-order valence-electron chi connectivity index (χ3n) is 4.47. The lowest BCUT2D eigenvalue weighted by Gasteiger charge is -2.46. The third kappa shape index (κ3) is 3.09. The predicted octanol–water partition coefficient (Wildman–Crippen LogP) is 1.78. The molecule has 21 heavy (non-hydrogen) atoms. The van der Waals surface area contributed by atoms with E-state index < -0.39 is 5.60 Å². The van der Waals surface area contributed by atoms with E-state index in [4.69, 9.17) is 11.6 Å². The van der Waals surface area contributed by atoms with Gasteiger partial charge >= 0.3 is 0 Å². The molecule has 116 valence electrons. The van der Waals surface area contributed by atoms with Crippen molar-refractivity contribution in [1.82, 2.24) is 14.7 Å². The number of aryl methyl sites for hydroxylation is 1. The first-order valence-electron chi connectivity index (χ1n) is 7.50. The Bertz CT molecular complexity index is 543. The fourth-order valence-corrected chi connectivity index (χ4v) is 3.39.